The zero-order valence-electron chi connectivity index (χ0n) is 16.6. The van der Waals surface area contributed by atoms with Gasteiger partial charge in [-0.2, -0.15) is 0 Å². The zero-order valence-corrected chi connectivity index (χ0v) is 18.2. The van der Waals surface area contributed by atoms with Crippen LogP contribution in [0.1, 0.15) is 11.1 Å². The van der Waals surface area contributed by atoms with Crippen molar-refractivity contribution in [1.82, 2.24) is 0 Å². The molecule has 7 nitrogen and oxygen atoms in total. The number of halogens is 1. The van der Waals surface area contributed by atoms with Crippen LogP contribution in [-0.2, 0) is 11.4 Å². The summed E-state index contributed by atoms with van der Waals surface area (Å²) in [4.78, 5) is 22.7. The molecular formula is C23H19BrN2O5. The number of rotatable bonds is 8. The monoisotopic (exact) mass is 482 g/mol. The van der Waals surface area contributed by atoms with Crippen LogP contribution in [0.5, 0.6) is 11.5 Å². The van der Waals surface area contributed by atoms with E-state index in [4.69, 9.17) is 9.47 Å². The highest BCUT2D eigenvalue weighted by Crippen LogP contribution is 2.33. The predicted octanol–water partition coefficient (Wildman–Crippen LogP) is 5.60. The van der Waals surface area contributed by atoms with Gasteiger partial charge in [-0.3, -0.25) is 14.9 Å². The number of nitrogens with one attached hydrogen (secondary N) is 1. The Hall–Kier alpha value is -3.65. The lowest BCUT2D eigenvalue weighted by Gasteiger charge is -2.13. The van der Waals surface area contributed by atoms with Crippen molar-refractivity contribution < 1.29 is 19.2 Å². The van der Waals surface area contributed by atoms with Crippen molar-refractivity contribution in [2.75, 3.05) is 12.4 Å². The standard InChI is InChI=1S/C23H19BrN2O5/c1-30-21-7-2-4-17(23(21)31-15-16-8-11-18(24)12-9-16)10-13-22(27)25-19-5-3-6-20(14-19)26(28)29/h2-14H,15H2,1H3,(H,25,27)/b13-10+. The van der Waals surface area contributed by atoms with E-state index in [0.29, 0.717) is 29.4 Å². The maximum atomic E-state index is 12.3. The maximum absolute atomic E-state index is 12.3. The molecule has 0 unspecified atom stereocenters. The number of nitro groups is 1. The Labute approximate surface area is 187 Å². The number of carbonyl (C=O) groups is 1. The normalized spacial score (nSPS) is 10.6. The van der Waals surface area contributed by atoms with Gasteiger partial charge in [0.05, 0.1) is 12.0 Å². The van der Waals surface area contributed by atoms with Gasteiger partial charge in [-0.05, 0) is 35.9 Å². The van der Waals surface area contributed by atoms with Crippen molar-refractivity contribution in [2.24, 2.45) is 0 Å². The third-order valence-corrected chi connectivity index (χ3v) is 4.79. The Morgan fingerprint density at radius 3 is 2.58 bits per heavy atom. The number of nitro benzene ring substituents is 1. The second kappa shape index (κ2) is 10.4. The van der Waals surface area contributed by atoms with Crippen molar-refractivity contribution >= 4 is 39.3 Å². The smallest absolute Gasteiger partial charge is 0.271 e. The van der Waals surface area contributed by atoms with Crippen LogP contribution >= 0.6 is 15.9 Å². The van der Waals surface area contributed by atoms with Crippen LogP contribution < -0.4 is 14.8 Å². The van der Waals surface area contributed by atoms with Crippen molar-refractivity contribution in [2.45, 2.75) is 6.61 Å². The summed E-state index contributed by atoms with van der Waals surface area (Å²) in [6.45, 7) is 0.328. The number of benzene rings is 3. The van der Waals surface area contributed by atoms with Gasteiger partial charge >= 0.3 is 0 Å². The molecule has 0 aliphatic heterocycles. The Morgan fingerprint density at radius 1 is 1.13 bits per heavy atom. The predicted molar refractivity (Wildman–Crippen MR) is 122 cm³/mol. The fourth-order valence-electron chi connectivity index (χ4n) is 2.76. The minimum atomic E-state index is -0.517. The number of amides is 1. The van der Waals surface area contributed by atoms with Crippen molar-refractivity contribution in [3.8, 4) is 11.5 Å². The molecule has 3 rings (SSSR count). The van der Waals surface area contributed by atoms with Crippen LogP contribution in [0.4, 0.5) is 11.4 Å². The molecule has 8 heteroatoms. The van der Waals surface area contributed by atoms with Crippen LogP contribution in [0.15, 0.2) is 77.3 Å². The van der Waals surface area contributed by atoms with E-state index in [9.17, 15) is 14.9 Å². The molecule has 0 fully saturated rings. The highest BCUT2D eigenvalue weighted by molar-refractivity contribution is 9.10. The number of methoxy groups -OCH3 is 1. The van der Waals surface area contributed by atoms with E-state index in [2.05, 4.69) is 21.2 Å². The molecule has 3 aromatic carbocycles. The molecule has 0 heterocycles. The van der Waals surface area contributed by atoms with Gasteiger partial charge in [-0.1, -0.05) is 46.3 Å². The van der Waals surface area contributed by atoms with Gasteiger partial charge in [0.2, 0.25) is 5.91 Å². The average Bonchev–Trinajstić information content (AvgIpc) is 2.77. The third-order valence-electron chi connectivity index (χ3n) is 4.26. The topological polar surface area (TPSA) is 90.7 Å². The van der Waals surface area contributed by atoms with E-state index < -0.39 is 10.8 Å². The molecule has 0 saturated heterocycles. The van der Waals surface area contributed by atoms with Gasteiger partial charge < -0.3 is 14.8 Å². The molecule has 0 saturated carbocycles. The lowest BCUT2D eigenvalue weighted by molar-refractivity contribution is -0.384. The van der Waals surface area contributed by atoms with Gasteiger partial charge in [-0.25, -0.2) is 0 Å². The number of anilines is 1. The second-order valence-corrected chi connectivity index (χ2v) is 7.34. The van der Waals surface area contributed by atoms with Crippen LogP contribution in [0.3, 0.4) is 0 Å². The Kier molecular flexibility index (Phi) is 7.40. The summed E-state index contributed by atoms with van der Waals surface area (Å²) in [6.07, 6.45) is 2.94. The number of hydrogen-bond acceptors (Lipinski definition) is 5. The molecule has 0 radical (unpaired) electrons. The summed E-state index contributed by atoms with van der Waals surface area (Å²) in [6, 6.07) is 18.9. The summed E-state index contributed by atoms with van der Waals surface area (Å²) in [5.41, 5.74) is 1.87. The third kappa shape index (κ3) is 6.16. The number of para-hydroxylation sites is 1. The van der Waals surface area contributed by atoms with Crippen molar-refractivity contribution in [1.29, 1.82) is 0 Å². The minimum Gasteiger partial charge on any atom is -0.493 e. The van der Waals surface area contributed by atoms with E-state index in [0.717, 1.165) is 10.0 Å². The van der Waals surface area contributed by atoms with Crippen LogP contribution in [0.25, 0.3) is 6.08 Å². The first-order chi connectivity index (χ1) is 15.0. The molecule has 0 atom stereocenters. The molecule has 0 aliphatic rings. The van der Waals surface area contributed by atoms with Crippen molar-refractivity contribution in [3.63, 3.8) is 0 Å². The Balaban J connectivity index is 1.74. The van der Waals surface area contributed by atoms with Crippen LogP contribution in [0.2, 0.25) is 0 Å². The van der Waals surface area contributed by atoms with E-state index in [1.54, 1.807) is 37.5 Å². The fraction of sp³-hybridized carbons (Fsp3) is 0.0870. The van der Waals surface area contributed by atoms with E-state index >= 15 is 0 Å². The minimum absolute atomic E-state index is 0.0989. The summed E-state index contributed by atoms with van der Waals surface area (Å²) < 4.78 is 12.4. The lowest BCUT2D eigenvalue weighted by atomic mass is 10.1. The van der Waals surface area contributed by atoms with E-state index in [-0.39, 0.29) is 5.69 Å². The highest BCUT2D eigenvalue weighted by atomic mass is 79.9. The first kappa shape index (κ1) is 22.0. The van der Waals surface area contributed by atoms with Gasteiger partial charge in [0.1, 0.15) is 6.61 Å². The number of nitrogens with zero attached hydrogens (tertiary/aromatic N) is 1. The molecule has 0 bridgehead atoms. The van der Waals surface area contributed by atoms with E-state index in [1.165, 1.54) is 24.3 Å². The molecule has 31 heavy (non-hydrogen) atoms. The molecule has 1 amide bonds. The highest BCUT2D eigenvalue weighted by Gasteiger charge is 2.11. The first-order valence-electron chi connectivity index (χ1n) is 9.24. The molecule has 1 N–H and O–H groups in total. The summed E-state index contributed by atoms with van der Waals surface area (Å²) in [5.74, 6) is 0.618. The largest absolute Gasteiger partial charge is 0.493 e. The number of carbonyl (C=O) groups excluding carboxylic acids is 1. The Bertz CT molecular complexity index is 1110. The van der Waals surface area contributed by atoms with Crippen molar-refractivity contribution in [3.05, 3.63) is 98.5 Å². The van der Waals surface area contributed by atoms with Crippen LogP contribution in [-0.4, -0.2) is 17.9 Å². The number of ether oxygens (including phenoxy) is 2. The zero-order chi connectivity index (χ0) is 22.2. The van der Waals surface area contributed by atoms with Crippen LogP contribution in [0, 0.1) is 10.1 Å². The molecule has 3 aromatic rings. The summed E-state index contributed by atoms with van der Waals surface area (Å²) >= 11 is 3.40. The molecule has 0 spiro atoms. The first-order valence-corrected chi connectivity index (χ1v) is 10.0. The number of hydrogen-bond donors (Lipinski definition) is 1. The number of non-ortho nitro benzene ring substituents is 1. The second-order valence-electron chi connectivity index (χ2n) is 6.42. The Morgan fingerprint density at radius 2 is 1.87 bits per heavy atom. The van der Waals surface area contributed by atoms with Gasteiger partial charge in [0.25, 0.3) is 5.69 Å². The molecule has 158 valence electrons. The quantitative estimate of drug-likeness (QED) is 0.256. The van der Waals surface area contributed by atoms with Gasteiger partial charge in [0, 0.05) is 33.9 Å². The average molecular weight is 483 g/mol. The summed E-state index contributed by atoms with van der Waals surface area (Å²) in [7, 11) is 1.55. The van der Waals surface area contributed by atoms with Gasteiger partial charge in [0.15, 0.2) is 11.5 Å². The molecule has 0 aromatic heterocycles. The lowest BCUT2D eigenvalue weighted by Crippen LogP contribution is -2.08. The maximum Gasteiger partial charge on any atom is 0.271 e. The SMILES string of the molecule is COc1cccc(/C=C/C(=O)Nc2cccc([N+](=O)[O-])c2)c1OCc1ccc(Br)cc1. The molecular weight excluding hydrogens is 464 g/mol. The van der Waals surface area contributed by atoms with Gasteiger partial charge in [-0.15, -0.1) is 0 Å². The fourth-order valence-corrected chi connectivity index (χ4v) is 3.03. The van der Waals surface area contributed by atoms with E-state index in [1.807, 2.05) is 24.3 Å². The summed E-state index contributed by atoms with van der Waals surface area (Å²) in [5, 5.41) is 13.5. The molecule has 0 aliphatic carbocycles.